The number of amides is 1. The fourth-order valence-electron chi connectivity index (χ4n) is 3.62. The minimum absolute atomic E-state index is 0.134. The summed E-state index contributed by atoms with van der Waals surface area (Å²) in [6, 6.07) is 17.4. The second kappa shape index (κ2) is 6.60. The molecule has 3 aromatic rings. The van der Waals surface area contributed by atoms with Crippen LogP contribution in [0.15, 0.2) is 59.7 Å². The predicted octanol–water partition coefficient (Wildman–Crippen LogP) is 2.62. The van der Waals surface area contributed by atoms with E-state index < -0.39 is 5.54 Å². The topological polar surface area (TPSA) is 100 Å². The second-order valence-electron chi connectivity index (χ2n) is 7.24. The largest absolute Gasteiger partial charge is 0.369 e. The molecule has 7 nitrogen and oxygen atoms in total. The molecule has 0 aliphatic carbocycles. The van der Waals surface area contributed by atoms with Crippen molar-refractivity contribution in [3.63, 3.8) is 0 Å². The maximum atomic E-state index is 12.8. The zero-order valence-electron chi connectivity index (χ0n) is 16.4. The van der Waals surface area contributed by atoms with Gasteiger partial charge in [-0.25, -0.2) is 4.99 Å². The first-order valence-electron chi connectivity index (χ1n) is 9.12. The van der Waals surface area contributed by atoms with Crippen molar-refractivity contribution in [2.45, 2.75) is 12.5 Å². The molecule has 2 N–H and O–H groups in total. The van der Waals surface area contributed by atoms with Crippen LogP contribution in [0.25, 0.3) is 11.1 Å². The van der Waals surface area contributed by atoms with E-state index in [0.717, 1.165) is 16.7 Å². The van der Waals surface area contributed by atoms with Crippen molar-refractivity contribution >= 4 is 11.9 Å². The average molecular weight is 384 g/mol. The van der Waals surface area contributed by atoms with Gasteiger partial charge in [-0.15, -0.1) is 0 Å². The Morgan fingerprint density at radius 3 is 2.52 bits per heavy atom. The van der Waals surface area contributed by atoms with Crippen molar-refractivity contribution in [2.24, 2.45) is 17.8 Å². The molecule has 0 bridgehead atoms. The summed E-state index contributed by atoms with van der Waals surface area (Å²) in [7, 11) is 3.38. The Kier molecular flexibility index (Phi) is 4.20. The van der Waals surface area contributed by atoms with E-state index in [-0.39, 0.29) is 11.9 Å². The summed E-state index contributed by atoms with van der Waals surface area (Å²) in [5.41, 5.74) is 9.53. The quantitative estimate of drug-likeness (QED) is 0.734. The Balaban J connectivity index is 1.92. The molecule has 0 saturated heterocycles. The number of hydrogen-bond donors (Lipinski definition) is 1. The van der Waals surface area contributed by atoms with Crippen molar-refractivity contribution in [3.05, 3.63) is 77.1 Å². The molecule has 4 rings (SSSR count). The molecule has 29 heavy (non-hydrogen) atoms. The Hall–Kier alpha value is -3.92. The summed E-state index contributed by atoms with van der Waals surface area (Å²) in [6.07, 6.45) is 1.70. The Bertz CT molecular complexity index is 1200. The van der Waals surface area contributed by atoms with Gasteiger partial charge in [0.2, 0.25) is 0 Å². The van der Waals surface area contributed by atoms with Crippen LogP contribution in [-0.2, 0) is 12.6 Å². The van der Waals surface area contributed by atoms with Crippen LogP contribution in [0.3, 0.4) is 0 Å². The maximum Gasteiger partial charge on any atom is 0.263 e. The van der Waals surface area contributed by atoms with Gasteiger partial charge in [0, 0.05) is 20.3 Å². The molecular formula is C22H20N6O. The van der Waals surface area contributed by atoms with E-state index in [2.05, 4.69) is 11.2 Å². The van der Waals surface area contributed by atoms with Crippen molar-refractivity contribution in [1.82, 2.24) is 14.7 Å². The Morgan fingerprint density at radius 2 is 1.79 bits per heavy atom. The van der Waals surface area contributed by atoms with Gasteiger partial charge < -0.3 is 5.73 Å². The lowest BCUT2D eigenvalue weighted by molar-refractivity contribution is 0.0870. The molecule has 0 fully saturated rings. The molecule has 144 valence electrons. The summed E-state index contributed by atoms with van der Waals surface area (Å²) in [6.45, 7) is 1.91. The lowest BCUT2D eigenvalue weighted by atomic mass is 9.85. The standard InChI is InChI=1S/C22H20N6O/c1-22(19-18(13-27(2)26-19)20(29)28(3)21(24)25-22)17-9-5-8-16(11-17)15-7-4-6-14(10-15)12-23/h4-11,13H,1-3H3,(H2,24,25). The number of aromatic nitrogens is 2. The van der Waals surface area contributed by atoms with Gasteiger partial charge in [-0.2, -0.15) is 10.4 Å². The first kappa shape index (κ1) is 18.4. The molecular weight excluding hydrogens is 364 g/mol. The fraction of sp³-hybridized carbons (Fsp3) is 0.182. The summed E-state index contributed by atoms with van der Waals surface area (Å²) in [5, 5.41) is 13.8. The summed E-state index contributed by atoms with van der Waals surface area (Å²) in [4.78, 5) is 18.9. The number of benzene rings is 2. The maximum absolute atomic E-state index is 12.8. The van der Waals surface area contributed by atoms with Crippen LogP contribution in [0.5, 0.6) is 0 Å². The number of fused-ring (bicyclic) bond motifs is 1. The third-order valence-electron chi connectivity index (χ3n) is 5.26. The van der Waals surface area contributed by atoms with E-state index in [0.29, 0.717) is 16.8 Å². The van der Waals surface area contributed by atoms with E-state index in [1.165, 1.54) is 4.90 Å². The molecule has 1 aliphatic heterocycles. The minimum Gasteiger partial charge on any atom is -0.369 e. The number of carbonyl (C=O) groups excluding carboxylic acids is 1. The van der Waals surface area contributed by atoms with Crippen LogP contribution >= 0.6 is 0 Å². The first-order chi connectivity index (χ1) is 13.8. The Labute approximate surface area is 168 Å². The van der Waals surface area contributed by atoms with Gasteiger partial charge in [-0.05, 0) is 41.8 Å². The summed E-state index contributed by atoms with van der Waals surface area (Å²) in [5.74, 6) is -0.106. The molecule has 1 aliphatic rings. The van der Waals surface area contributed by atoms with Crippen LogP contribution in [0.2, 0.25) is 0 Å². The zero-order chi connectivity index (χ0) is 20.8. The number of guanidine groups is 1. The van der Waals surface area contributed by atoms with E-state index in [9.17, 15) is 10.1 Å². The number of nitrogens with zero attached hydrogens (tertiary/aromatic N) is 5. The minimum atomic E-state index is -0.941. The van der Waals surface area contributed by atoms with Crippen molar-refractivity contribution in [2.75, 3.05) is 7.05 Å². The number of nitrogens with two attached hydrogens (primary N) is 1. The molecule has 1 atom stereocenters. The normalized spacial score (nSPS) is 18.6. The highest BCUT2D eigenvalue weighted by atomic mass is 16.2. The number of aliphatic imine (C=N–C) groups is 1. The number of hydrogen-bond acceptors (Lipinski definition) is 5. The fourth-order valence-corrected chi connectivity index (χ4v) is 3.62. The molecule has 0 radical (unpaired) electrons. The van der Waals surface area contributed by atoms with Crippen LogP contribution < -0.4 is 5.73 Å². The number of aryl methyl sites for hydroxylation is 1. The first-order valence-corrected chi connectivity index (χ1v) is 9.12. The molecule has 1 aromatic heterocycles. The van der Waals surface area contributed by atoms with E-state index in [1.807, 2.05) is 49.4 Å². The zero-order valence-corrected chi connectivity index (χ0v) is 16.4. The van der Waals surface area contributed by atoms with E-state index >= 15 is 0 Å². The van der Waals surface area contributed by atoms with E-state index in [4.69, 9.17) is 10.7 Å². The molecule has 0 saturated carbocycles. The highest BCUT2D eigenvalue weighted by Gasteiger charge is 2.40. The highest BCUT2D eigenvalue weighted by Crippen LogP contribution is 2.38. The molecule has 1 unspecified atom stereocenters. The van der Waals surface area contributed by atoms with Crippen molar-refractivity contribution in [1.29, 1.82) is 5.26 Å². The van der Waals surface area contributed by atoms with Gasteiger partial charge >= 0.3 is 0 Å². The molecule has 2 heterocycles. The van der Waals surface area contributed by atoms with Gasteiger partial charge in [0.05, 0.1) is 17.2 Å². The average Bonchev–Trinajstić information content (AvgIpc) is 3.12. The highest BCUT2D eigenvalue weighted by molar-refractivity contribution is 6.07. The van der Waals surface area contributed by atoms with Crippen LogP contribution in [0.4, 0.5) is 0 Å². The molecule has 7 heteroatoms. The lowest BCUT2D eigenvalue weighted by Gasteiger charge is -2.25. The lowest BCUT2D eigenvalue weighted by Crippen LogP contribution is -2.38. The predicted molar refractivity (Wildman–Crippen MR) is 110 cm³/mol. The summed E-state index contributed by atoms with van der Waals surface area (Å²) < 4.78 is 1.62. The second-order valence-corrected chi connectivity index (χ2v) is 7.24. The van der Waals surface area contributed by atoms with Gasteiger partial charge in [0.1, 0.15) is 11.2 Å². The van der Waals surface area contributed by atoms with Crippen LogP contribution in [0, 0.1) is 11.3 Å². The monoisotopic (exact) mass is 384 g/mol. The molecule has 2 aromatic carbocycles. The number of carbonyl (C=O) groups is 1. The molecule has 1 amide bonds. The molecule has 0 spiro atoms. The van der Waals surface area contributed by atoms with Gasteiger partial charge in [0.25, 0.3) is 5.91 Å². The van der Waals surface area contributed by atoms with Crippen LogP contribution in [0.1, 0.15) is 34.1 Å². The van der Waals surface area contributed by atoms with Gasteiger partial charge in [-0.3, -0.25) is 14.4 Å². The third kappa shape index (κ3) is 2.95. The van der Waals surface area contributed by atoms with Crippen molar-refractivity contribution in [3.8, 4) is 17.2 Å². The third-order valence-corrected chi connectivity index (χ3v) is 5.26. The Morgan fingerprint density at radius 1 is 1.10 bits per heavy atom. The van der Waals surface area contributed by atoms with Crippen LogP contribution in [-0.4, -0.2) is 33.6 Å². The van der Waals surface area contributed by atoms with Gasteiger partial charge in [-0.1, -0.05) is 30.3 Å². The smallest absolute Gasteiger partial charge is 0.263 e. The van der Waals surface area contributed by atoms with E-state index in [1.54, 1.807) is 31.0 Å². The number of nitriles is 1. The van der Waals surface area contributed by atoms with Crippen molar-refractivity contribution < 1.29 is 4.79 Å². The SMILES string of the molecule is CN1C(=O)c2cn(C)nc2C(C)(c2cccc(-c3cccc(C#N)c3)c2)N=C1N. The van der Waals surface area contributed by atoms with Gasteiger partial charge in [0.15, 0.2) is 5.96 Å². The summed E-state index contributed by atoms with van der Waals surface area (Å²) >= 11 is 0. The number of rotatable bonds is 2.